The third kappa shape index (κ3) is 3.64. The molecule has 6 heteroatoms. The second kappa shape index (κ2) is 7.27. The molecule has 1 heterocycles. The zero-order valence-corrected chi connectivity index (χ0v) is 12.8. The summed E-state index contributed by atoms with van der Waals surface area (Å²) in [5.41, 5.74) is 0.533. The van der Waals surface area contributed by atoms with E-state index >= 15 is 0 Å². The van der Waals surface area contributed by atoms with Crippen LogP contribution in [0, 0.1) is 5.92 Å². The first-order valence-electron chi connectivity index (χ1n) is 6.69. The number of anilines is 1. The van der Waals surface area contributed by atoms with E-state index in [-0.39, 0.29) is 17.9 Å². The number of rotatable bonds is 5. The molecule has 2 N–H and O–H groups in total. The van der Waals surface area contributed by atoms with E-state index in [1.54, 1.807) is 18.2 Å². The van der Waals surface area contributed by atoms with Gasteiger partial charge in [-0.15, -0.1) is 0 Å². The minimum absolute atomic E-state index is 0.0490. The molecule has 0 saturated carbocycles. The Kier molecular flexibility index (Phi) is 5.66. The fourth-order valence-electron chi connectivity index (χ4n) is 2.17. The van der Waals surface area contributed by atoms with E-state index in [9.17, 15) is 4.79 Å². The molecule has 1 saturated heterocycles. The fraction of sp³-hybridized carbons (Fsp3) is 0.500. The number of benzene rings is 1. The van der Waals surface area contributed by atoms with Crippen LogP contribution >= 0.6 is 23.2 Å². The van der Waals surface area contributed by atoms with Gasteiger partial charge in [-0.2, -0.15) is 0 Å². The summed E-state index contributed by atoms with van der Waals surface area (Å²) in [6.07, 6.45) is 1.02. The van der Waals surface area contributed by atoms with Crippen molar-refractivity contribution in [3.05, 3.63) is 28.2 Å². The molecule has 110 valence electrons. The van der Waals surface area contributed by atoms with E-state index in [0.29, 0.717) is 28.9 Å². The molecule has 1 aromatic carbocycles. The Labute approximate surface area is 128 Å². The molecule has 1 aliphatic rings. The summed E-state index contributed by atoms with van der Waals surface area (Å²) in [4.78, 5) is 12.3. The number of hydrogen-bond donors (Lipinski definition) is 2. The van der Waals surface area contributed by atoms with Crippen molar-refractivity contribution < 1.29 is 9.53 Å². The lowest BCUT2D eigenvalue weighted by molar-refractivity contribution is -0.120. The SMILES string of the molecule is CCCNC1COCC1C(=O)Nc1cccc(Cl)c1Cl. The molecule has 1 amide bonds. The van der Waals surface area contributed by atoms with E-state index in [0.717, 1.165) is 13.0 Å². The first-order chi connectivity index (χ1) is 9.63. The van der Waals surface area contributed by atoms with E-state index in [1.165, 1.54) is 0 Å². The van der Waals surface area contributed by atoms with Crippen molar-refractivity contribution >= 4 is 34.8 Å². The van der Waals surface area contributed by atoms with Crippen LogP contribution < -0.4 is 10.6 Å². The van der Waals surface area contributed by atoms with Crippen molar-refractivity contribution in [2.45, 2.75) is 19.4 Å². The Morgan fingerprint density at radius 1 is 1.40 bits per heavy atom. The highest BCUT2D eigenvalue weighted by Crippen LogP contribution is 2.30. The molecule has 2 atom stereocenters. The smallest absolute Gasteiger partial charge is 0.231 e. The molecule has 0 aromatic heterocycles. The normalized spacial score (nSPS) is 21.9. The number of amides is 1. The monoisotopic (exact) mass is 316 g/mol. The molecule has 1 aliphatic heterocycles. The molecule has 2 rings (SSSR count). The molecule has 20 heavy (non-hydrogen) atoms. The summed E-state index contributed by atoms with van der Waals surface area (Å²) in [5, 5.41) is 6.94. The number of halogens is 2. The van der Waals surface area contributed by atoms with Gasteiger partial charge in [0.15, 0.2) is 0 Å². The maximum absolute atomic E-state index is 12.3. The van der Waals surface area contributed by atoms with Crippen molar-refractivity contribution in [2.24, 2.45) is 5.92 Å². The van der Waals surface area contributed by atoms with Crippen LogP contribution in [-0.2, 0) is 9.53 Å². The minimum atomic E-state index is -0.211. The third-order valence-electron chi connectivity index (χ3n) is 3.28. The fourth-order valence-corrected chi connectivity index (χ4v) is 2.52. The number of ether oxygens (including phenoxy) is 1. The summed E-state index contributed by atoms with van der Waals surface area (Å²) >= 11 is 12.0. The van der Waals surface area contributed by atoms with Gasteiger partial charge in [0.2, 0.25) is 5.91 Å². The first-order valence-corrected chi connectivity index (χ1v) is 7.45. The summed E-state index contributed by atoms with van der Waals surface area (Å²) in [7, 11) is 0. The van der Waals surface area contributed by atoms with Crippen LogP contribution in [0.25, 0.3) is 0 Å². The molecule has 0 spiro atoms. The van der Waals surface area contributed by atoms with Gasteiger partial charge in [0.1, 0.15) is 0 Å². The molecule has 1 fully saturated rings. The van der Waals surface area contributed by atoms with Gasteiger partial charge in [-0.05, 0) is 25.1 Å². The predicted molar refractivity (Wildman–Crippen MR) is 81.5 cm³/mol. The van der Waals surface area contributed by atoms with Gasteiger partial charge in [0, 0.05) is 6.04 Å². The lowest BCUT2D eigenvalue weighted by atomic mass is 10.0. The van der Waals surface area contributed by atoms with Crippen LogP contribution in [0.1, 0.15) is 13.3 Å². The zero-order valence-electron chi connectivity index (χ0n) is 11.3. The highest BCUT2D eigenvalue weighted by atomic mass is 35.5. The molecule has 1 aromatic rings. The molecule has 4 nitrogen and oxygen atoms in total. The Bertz CT molecular complexity index is 482. The highest BCUT2D eigenvalue weighted by Gasteiger charge is 2.33. The second-order valence-corrected chi connectivity index (χ2v) is 5.58. The Morgan fingerprint density at radius 2 is 2.20 bits per heavy atom. The standard InChI is InChI=1S/C14H18Cl2N2O2/c1-2-6-17-12-8-20-7-9(12)14(19)18-11-5-3-4-10(15)13(11)16/h3-5,9,12,17H,2,6-8H2,1H3,(H,18,19). The Hall–Kier alpha value is -0.810. The van der Waals surface area contributed by atoms with Crippen LogP contribution in [0.2, 0.25) is 10.0 Å². The zero-order chi connectivity index (χ0) is 14.5. The first kappa shape index (κ1) is 15.6. The molecular formula is C14H18Cl2N2O2. The van der Waals surface area contributed by atoms with Crippen LogP contribution in [0.5, 0.6) is 0 Å². The summed E-state index contributed by atoms with van der Waals surface area (Å²) in [5.74, 6) is -0.308. The van der Waals surface area contributed by atoms with Gasteiger partial charge in [-0.1, -0.05) is 36.2 Å². The lowest BCUT2D eigenvalue weighted by Crippen LogP contribution is -2.41. The van der Waals surface area contributed by atoms with Crippen LogP contribution in [-0.4, -0.2) is 31.7 Å². The van der Waals surface area contributed by atoms with E-state index in [2.05, 4.69) is 17.6 Å². The lowest BCUT2D eigenvalue weighted by Gasteiger charge is -2.18. The predicted octanol–water partition coefficient (Wildman–Crippen LogP) is 2.95. The molecule has 0 bridgehead atoms. The van der Waals surface area contributed by atoms with E-state index in [4.69, 9.17) is 27.9 Å². The van der Waals surface area contributed by atoms with Gasteiger partial charge in [-0.25, -0.2) is 0 Å². The van der Waals surface area contributed by atoms with Gasteiger partial charge < -0.3 is 15.4 Å². The quantitative estimate of drug-likeness (QED) is 0.878. The summed E-state index contributed by atoms with van der Waals surface area (Å²) in [6.45, 7) is 3.94. The maximum Gasteiger partial charge on any atom is 0.231 e. The largest absolute Gasteiger partial charge is 0.379 e. The van der Waals surface area contributed by atoms with Crippen LogP contribution in [0.15, 0.2) is 18.2 Å². The van der Waals surface area contributed by atoms with Crippen LogP contribution in [0.4, 0.5) is 5.69 Å². The van der Waals surface area contributed by atoms with Crippen molar-refractivity contribution in [2.75, 3.05) is 25.1 Å². The maximum atomic E-state index is 12.3. The van der Waals surface area contributed by atoms with Gasteiger partial charge >= 0.3 is 0 Å². The molecule has 0 aliphatic carbocycles. The van der Waals surface area contributed by atoms with Crippen molar-refractivity contribution in [3.8, 4) is 0 Å². The molecular weight excluding hydrogens is 299 g/mol. The Balaban J connectivity index is 2.02. The third-order valence-corrected chi connectivity index (χ3v) is 4.10. The second-order valence-electron chi connectivity index (χ2n) is 4.80. The van der Waals surface area contributed by atoms with Crippen LogP contribution in [0.3, 0.4) is 0 Å². The van der Waals surface area contributed by atoms with Crippen molar-refractivity contribution in [3.63, 3.8) is 0 Å². The van der Waals surface area contributed by atoms with Crippen molar-refractivity contribution in [1.29, 1.82) is 0 Å². The number of carbonyl (C=O) groups excluding carboxylic acids is 1. The average molecular weight is 317 g/mol. The molecule has 2 unspecified atom stereocenters. The topological polar surface area (TPSA) is 50.4 Å². The van der Waals surface area contributed by atoms with Gasteiger partial charge in [0.05, 0.1) is 34.9 Å². The average Bonchev–Trinajstić information content (AvgIpc) is 2.90. The number of hydrogen-bond acceptors (Lipinski definition) is 3. The summed E-state index contributed by atoms with van der Waals surface area (Å²) in [6, 6.07) is 5.22. The number of carbonyl (C=O) groups is 1. The molecule has 0 radical (unpaired) electrons. The van der Waals surface area contributed by atoms with Crippen molar-refractivity contribution in [1.82, 2.24) is 5.32 Å². The number of nitrogens with one attached hydrogen (secondary N) is 2. The van der Waals surface area contributed by atoms with Gasteiger partial charge in [0.25, 0.3) is 0 Å². The van der Waals surface area contributed by atoms with Gasteiger partial charge in [-0.3, -0.25) is 4.79 Å². The highest BCUT2D eigenvalue weighted by molar-refractivity contribution is 6.44. The van der Waals surface area contributed by atoms with E-state index < -0.39 is 0 Å². The summed E-state index contributed by atoms with van der Waals surface area (Å²) < 4.78 is 5.40. The Morgan fingerprint density at radius 3 is 2.95 bits per heavy atom. The minimum Gasteiger partial charge on any atom is -0.379 e. The van der Waals surface area contributed by atoms with E-state index in [1.807, 2.05) is 0 Å².